The van der Waals surface area contributed by atoms with Gasteiger partial charge in [0, 0.05) is 16.6 Å². The minimum absolute atomic E-state index is 0.103. The fourth-order valence-corrected chi connectivity index (χ4v) is 4.11. The van der Waals surface area contributed by atoms with E-state index < -0.39 is 10.0 Å². The van der Waals surface area contributed by atoms with Gasteiger partial charge in [0.05, 0.1) is 17.8 Å². The van der Waals surface area contributed by atoms with E-state index in [1.807, 2.05) is 24.4 Å². The van der Waals surface area contributed by atoms with Crippen LogP contribution in [0.15, 0.2) is 58.8 Å². The molecule has 0 amide bonds. The molecule has 0 unspecified atom stereocenters. The van der Waals surface area contributed by atoms with E-state index in [4.69, 9.17) is 4.74 Å². The van der Waals surface area contributed by atoms with Gasteiger partial charge in [0.25, 0.3) is 10.0 Å². The summed E-state index contributed by atoms with van der Waals surface area (Å²) in [5.74, 6) is 0.305. The van der Waals surface area contributed by atoms with Crippen LogP contribution < -0.4 is 9.46 Å². The van der Waals surface area contributed by atoms with Crippen LogP contribution in [0.1, 0.15) is 5.01 Å². The Labute approximate surface area is 145 Å². The molecule has 5 nitrogen and oxygen atoms in total. The molecule has 0 saturated heterocycles. The number of aryl methyl sites for hydroxylation is 1. The van der Waals surface area contributed by atoms with Crippen LogP contribution in [0.25, 0.3) is 11.3 Å². The van der Waals surface area contributed by atoms with E-state index in [9.17, 15) is 8.42 Å². The Morgan fingerprint density at radius 3 is 2.42 bits per heavy atom. The maximum absolute atomic E-state index is 12.5. The second-order valence-corrected chi connectivity index (χ2v) is 7.80. The van der Waals surface area contributed by atoms with Crippen molar-refractivity contribution in [3.05, 3.63) is 58.9 Å². The third-order valence-electron chi connectivity index (χ3n) is 3.41. The van der Waals surface area contributed by atoms with Gasteiger partial charge in [-0.1, -0.05) is 24.3 Å². The number of thiazole rings is 1. The van der Waals surface area contributed by atoms with Gasteiger partial charge in [0.1, 0.15) is 10.6 Å². The lowest BCUT2D eigenvalue weighted by molar-refractivity contribution is 0.403. The third-order valence-corrected chi connectivity index (χ3v) is 5.60. The van der Waals surface area contributed by atoms with Gasteiger partial charge in [-0.25, -0.2) is 13.4 Å². The maximum atomic E-state index is 12.5. The van der Waals surface area contributed by atoms with Crippen molar-refractivity contribution >= 4 is 27.0 Å². The van der Waals surface area contributed by atoms with E-state index in [2.05, 4.69) is 9.71 Å². The molecular weight excluding hydrogens is 344 g/mol. The minimum Gasteiger partial charge on any atom is -0.495 e. The van der Waals surface area contributed by atoms with Crippen molar-refractivity contribution < 1.29 is 13.2 Å². The lowest BCUT2D eigenvalue weighted by Gasteiger charge is -2.11. The van der Waals surface area contributed by atoms with E-state index in [1.54, 1.807) is 41.7 Å². The second-order valence-electron chi connectivity index (χ2n) is 5.09. The van der Waals surface area contributed by atoms with Crippen LogP contribution in [-0.2, 0) is 10.0 Å². The Morgan fingerprint density at radius 2 is 1.79 bits per heavy atom. The fraction of sp³-hybridized carbons (Fsp3) is 0.118. The monoisotopic (exact) mass is 360 g/mol. The molecule has 0 aliphatic carbocycles. The number of ether oxygens (including phenoxy) is 1. The summed E-state index contributed by atoms with van der Waals surface area (Å²) in [6, 6.07) is 13.6. The maximum Gasteiger partial charge on any atom is 0.265 e. The zero-order chi connectivity index (χ0) is 17.2. The van der Waals surface area contributed by atoms with E-state index in [-0.39, 0.29) is 4.90 Å². The first-order chi connectivity index (χ1) is 11.5. The molecule has 3 rings (SSSR count). The molecule has 3 aromatic rings. The van der Waals surface area contributed by atoms with E-state index in [0.29, 0.717) is 11.4 Å². The second kappa shape index (κ2) is 6.62. The van der Waals surface area contributed by atoms with Crippen molar-refractivity contribution in [3.8, 4) is 17.0 Å². The molecule has 0 aliphatic rings. The summed E-state index contributed by atoms with van der Waals surface area (Å²) in [6.07, 6.45) is 0. The highest BCUT2D eigenvalue weighted by Gasteiger charge is 2.19. The largest absolute Gasteiger partial charge is 0.495 e. The summed E-state index contributed by atoms with van der Waals surface area (Å²) in [7, 11) is -2.27. The number of anilines is 1. The molecule has 1 heterocycles. The first kappa shape index (κ1) is 16.5. The van der Waals surface area contributed by atoms with Crippen LogP contribution in [0.2, 0.25) is 0 Å². The molecule has 0 spiro atoms. The number of benzene rings is 2. The molecule has 1 aromatic heterocycles. The third kappa shape index (κ3) is 3.42. The zero-order valence-corrected chi connectivity index (χ0v) is 14.8. The number of aromatic nitrogens is 1. The summed E-state index contributed by atoms with van der Waals surface area (Å²) in [4.78, 5) is 4.52. The van der Waals surface area contributed by atoms with Gasteiger partial charge in [-0.3, -0.25) is 4.72 Å². The van der Waals surface area contributed by atoms with Crippen LogP contribution in [0, 0.1) is 6.92 Å². The molecule has 0 radical (unpaired) electrons. The fourth-order valence-electron chi connectivity index (χ4n) is 2.26. The lowest BCUT2D eigenvalue weighted by Crippen LogP contribution is -2.13. The predicted octanol–water partition coefficient (Wildman–Crippen LogP) is 3.93. The number of sulfonamides is 1. The standard InChI is InChI=1S/C17H16N2O3S2/c1-12-18-15(11-23-12)13-7-9-14(10-8-13)19-24(20,21)17-6-4-3-5-16(17)22-2/h3-11,19H,1-2H3. The van der Waals surface area contributed by atoms with E-state index in [0.717, 1.165) is 16.3 Å². The first-order valence-electron chi connectivity index (χ1n) is 7.18. The van der Waals surface area contributed by atoms with Crippen molar-refractivity contribution in [3.63, 3.8) is 0 Å². The SMILES string of the molecule is COc1ccccc1S(=O)(=O)Nc1ccc(-c2csc(C)n2)cc1. The number of methoxy groups -OCH3 is 1. The molecule has 0 aliphatic heterocycles. The normalized spacial score (nSPS) is 11.2. The average Bonchev–Trinajstić information content (AvgIpc) is 3.01. The summed E-state index contributed by atoms with van der Waals surface area (Å²) >= 11 is 1.58. The van der Waals surface area contributed by atoms with Crippen molar-refractivity contribution in [2.24, 2.45) is 0 Å². The molecule has 24 heavy (non-hydrogen) atoms. The minimum atomic E-state index is -3.72. The lowest BCUT2D eigenvalue weighted by atomic mass is 10.1. The highest BCUT2D eigenvalue weighted by molar-refractivity contribution is 7.92. The Bertz CT molecular complexity index is 948. The van der Waals surface area contributed by atoms with E-state index >= 15 is 0 Å². The van der Waals surface area contributed by atoms with Gasteiger partial charge >= 0.3 is 0 Å². The number of rotatable bonds is 5. The molecule has 2 aromatic carbocycles. The van der Waals surface area contributed by atoms with Crippen LogP contribution in [0.4, 0.5) is 5.69 Å². The van der Waals surface area contributed by atoms with Crippen LogP contribution >= 0.6 is 11.3 Å². The molecule has 7 heteroatoms. The van der Waals surface area contributed by atoms with Crippen molar-refractivity contribution in [1.29, 1.82) is 0 Å². The molecular formula is C17H16N2O3S2. The van der Waals surface area contributed by atoms with Crippen LogP contribution in [0.3, 0.4) is 0 Å². The topological polar surface area (TPSA) is 68.3 Å². The molecule has 0 bridgehead atoms. The Kier molecular flexibility index (Phi) is 4.55. The zero-order valence-electron chi connectivity index (χ0n) is 13.2. The average molecular weight is 360 g/mol. The smallest absolute Gasteiger partial charge is 0.265 e. The number of nitrogens with one attached hydrogen (secondary N) is 1. The number of hydrogen-bond acceptors (Lipinski definition) is 5. The van der Waals surface area contributed by atoms with Gasteiger partial charge < -0.3 is 4.74 Å². The van der Waals surface area contributed by atoms with Gasteiger partial charge in [-0.05, 0) is 31.2 Å². The summed E-state index contributed by atoms with van der Waals surface area (Å²) in [5, 5.41) is 2.97. The van der Waals surface area contributed by atoms with Crippen molar-refractivity contribution in [2.75, 3.05) is 11.8 Å². The quantitative estimate of drug-likeness (QED) is 0.748. The highest BCUT2D eigenvalue weighted by atomic mass is 32.2. The molecule has 0 fully saturated rings. The summed E-state index contributed by atoms with van der Waals surface area (Å²) in [5.41, 5.74) is 2.31. The highest BCUT2D eigenvalue weighted by Crippen LogP contribution is 2.27. The van der Waals surface area contributed by atoms with Crippen LogP contribution in [-0.4, -0.2) is 20.5 Å². The summed E-state index contributed by atoms with van der Waals surface area (Å²) in [6.45, 7) is 1.95. The van der Waals surface area contributed by atoms with E-state index in [1.165, 1.54) is 13.2 Å². The summed E-state index contributed by atoms with van der Waals surface area (Å²) < 4.78 is 32.8. The van der Waals surface area contributed by atoms with Crippen molar-refractivity contribution in [1.82, 2.24) is 4.98 Å². The van der Waals surface area contributed by atoms with Gasteiger partial charge in [-0.2, -0.15) is 0 Å². The molecule has 0 saturated carbocycles. The molecule has 0 atom stereocenters. The first-order valence-corrected chi connectivity index (χ1v) is 9.54. The number of para-hydroxylation sites is 1. The molecule has 124 valence electrons. The van der Waals surface area contributed by atoms with Crippen LogP contribution in [0.5, 0.6) is 5.75 Å². The Hall–Kier alpha value is -2.38. The molecule has 1 N–H and O–H groups in total. The van der Waals surface area contributed by atoms with Gasteiger partial charge in [0.2, 0.25) is 0 Å². The number of hydrogen-bond donors (Lipinski definition) is 1. The van der Waals surface area contributed by atoms with Gasteiger partial charge in [-0.15, -0.1) is 11.3 Å². The Morgan fingerprint density at radius 1 is 1.08 bits per heavy atom. The van der Waals surface area contributed by atoms with Gasteiger partial charge in [0.15, 0.2) is 0 Å². The number of nitrogens with zero attached hydrogens (tertiary/aromatic N) is 1. The van der Waals surface area contributed by atoms with Crippen molar-refractivity contribution in [2.45, 2.75) is 11.8 Å². The Balaban J connectivity index is 1.85. The predicted molar refractivity (Wildman–Crippen MR) is 96.1 cm³/mol.